The average molecular weight is 295 g/mol. The van der Waals surface area contributed by atoms with Gasteiger partial charge in [-0.15, -0.1) is 0 Å². The van der Waals surface area contributed by atoms with Gasteiger partial charge in [0.25, 0.3) is 5.91 Å². The minimum Gasteiger partial charge on any atom is -0.480 e. The smallest absolute Gasteiger partial charge is 0.339 e. The SMILES string of the molecule is CC(Oc1cc(F)ccc1C(=O)O)C(=O)N1CCCCC1. The summed E-state index contributed by atoms with van der Waals surface area (Å²) in [5.74, 6) is -2.15. The van der Waals surface area contributed by atoms with Crippen molar-refractivity contribution < 1.29 is 23.8 Å². The summed E-state index contributed by atoms with van der Waals surface area (Å²) in [7, 11) is 0. The van der Waals surface area contributed by atoms with Crippen LogP contribution in [-0.2, 0) is 4.79 Å². The monoisotopic (exact) mass is 295 g/mol. The standard InChI is InChI=1S/C15H18FNO4/c1-10(14(18)17-7-3-2-4-8-17)21-13-9-11(16)5-6-12(13)15(19)20/h5-6,9-10H,2-4,7-8H2,1H3,(H,19,20). The van der Waals surface area contributed by atoms with Crippen molar-refractivity contribution in [1.82, 2.24) is 4.90 Å². The predicted molar refractivity (Wildman–Crippen MR) is 73.9 cm³/mol. The molecule has 0 bridgehead atoms. The summed E-state index contributed by atoms with van der Waals surface area (Å²) in [4.78, 5) is 25.0. The number of likely N-dealkylation sites (tertiary alicyclic amines) is 1. The van der Waals surface area contributed by atoms with Crippen molar-refractivity contribution in [3.8, 4) is 5.75 Å². The summed E-state index contributed by atoms with van der Waals surface area (Å²) in [5, 5.41) is 9.06. The molecule has 1 aromatic rings. The van der Waals surface area contributed by atoms with Crippen molar-refractivity contribution in [1.29, 1.82) is 0 Å². The number of benzene rings is 1. The van der Waals surface area contributed by atoms with Crippen LogP contribution in [0.1, 0.15) is 36.5 Å². The van der Waals surface area contributed by atoms with E-state index in [4.69, 9.17) is 9.84 Å². The lowest BCUT2D eigenvalue weighted by Crippen LogP contribution is -2.43. The summed E-state index contributed by atoms with van der Waals surface area (Å²) < 4.78 is 18.6. The number of carbonyl (C=O) groups excluding carboxylic acids is 1. The Morgan fingerprint density at radius 2 is 1.95 bits per heavy atom. The quantitative estimate of drug-likeness (QED) is 0.925. The first kappa shape index (κ1) is 15.3. The van der Waals surface area contributed by atoms with Crippen LogP contribution < -0.4 is 4.74 Å². The molecule has 0 aliphatic carbocycles. The van der Waals surface area contributed by atoms with Crippen LogP contribution in [0, 0.1) is 5.82 Å². The van der Waals surface area contributed by atoms with Crippen LogP contribution in [0.15, 0.2) is 18.2 Å². The van der Waals surface area contributed by atoms with E-state index in [1.807, 2.05) is 0 Å². The lowest BCUT2D eigenvalue weighted by molar-refractivity contribution is -0.138. The molecular formula is C15H18FNO4. The number of ether oxygens (including phenoxy) is 1. The number of hydrogen-bond acceptors (Lipinski definition) is 3. The number of amides is 1. The zero-order chi connectivity index (χ0) is 15.4. The Morgan fingerprint density at radius 3 is 2.57 bits per heavy atom. The van der Waals surface area contributed by atoms with Crippen molar-refractivity contribution in [3.63, 3.8) is 0 Å². The van der Waals surface area contributed by atoms with Crippen molar-refractivity contribution >= 4 is 11.9 Å². The molecule has 1 aromatic carbocycles. The molecule has 1 aliphatic rings. The molecule has 2 rings (SSSR count). The molecule has 1 unspecified atom stereocenters. The molecule has 21 heavy (non-hydrogen) atoms. The van der Waals surface area contributed by atoms with Gasteiger partial charge in [-0.05, 0) is 38.3 Å². The van der Waals surface area contributed by atoms with E-state index in [0.29, 0.717) is 13.1 Å². The molecular weight excluding hydrogens is 277 g/mol. The Kier molecular flexibility index (Phi) is 4.77. The number of hydrogen-bond donors (Lipinski definition) is 1. The highest BCUT2D eigenvalue weighted by molar-refractivity contribution is 5.91. The number of piperidine rings is 1. The van der Waals surface area contributed by atoms with E-state index in [-0.39, 0.29) is 17.2 Å². The molecule has 1 heterocycles. The summed E-state index contributed by atoms with van der Waals surface area (Å²) in [6.45, 7) is 2.91. The number of carbonyl (C=O) groups is 2. The number of nitrogens with zero attached hydrogens (tertiary/aromatic N) is 1. The van der Waals surface area contributed by atoms with Crippen molar-refractivity contribution in [2.24, 2.45) is 0 Å². The van der Waals surface area contributed by atoms with Gasteiger partial charge >= 0.3 is 5.97 Å². The van der Waals surface area contributed by atoms with Gasteiger partial charge in [0.2, 0.25) is 0 Å². The molecule has 1 atom stereocenters. The van der Waals surface area contributed by atoms with E-state index in [0.717, 1.165) is 37.5 Å². The summed E-state index contributed by atoms with van der Waals surface area (Å²) in [6.07, 6.45) is 2.17. The van der Waals surface area contributed by atoms with E-state index < -0.39 is 17.9 Å². The third kappa shape index (κ3) is 3.71. The molecule has 1 N–H and O–H groups in total. The fourth-order valence-corrected chi connectivity index (χ4v) is 2.38. The molecule has 1 saturated heterocycles. The van der Waals surface area contributed by atoms with Crippen LogP contribution >= 0.6 is 0 Å². The lowest BCUT2D eigenvalue weighted by atomic mass is 10.1. The third-order valence-corrected chi connectivity index (χ3v) is 3.49. The molecule has 114 valence electrons. The molecule has 1 fully saturated rings. The second-order valence-electron chi connectivity index (χ2n) is 5.09. The first-order valence-electron chi connectivity index (χ1n) is 6.97. The highest BCUT2D eigenvalue weighted by atomic mass is 19.1. The van der Waals surface area contributed by atoms with E-state index in [1.54, 1.807) is 11.8 Å². The molecule has 0 aromatic heterocycles. The second kappa shape index (κ2) is 6.56. The van der Waals surface area contributed by atoms with Crippen molar-refractivity contribution in [2.75, 3.05) is 13.1 Å². The molecule has 5 nitrogen and oxygen atoms in total. The lowest BCUT2D eigenvalue weighted by Gasteiger charge is -2.29. The normalized spacial score (nSPS) is 16.4. The largest absolute Gasteiger partial charge is 0.480 e. The van der Waals surface area contributed by atoms with Crippen LogP contribution in [0.3, 0.4) is 0 Å². The Labute approximate surface area is 122 Å². The predicted octanol–water partition coefficient (Wildman–Crippen LogP) is 2.30. The van der Waals surface area contributed by atoms with Gasteiger partial charge in [-0.3, -0.25) is 4.79 Å². The Morgan fingerprint density at radius 1 is 1.29 bits per heavy atom. The summed E-state index contributed by atoms with van der Waals surface area (Å²) in [5.41, 5.74) is -0.158. The van der Waals surface area contributed by atoms with Gasteiger partial charge in [0, 0.05) is 19.2 Å². The second-order valence-corrected chi connectivity index (χ2v) is 5.09. The van der Waals surface area contributed by atoms with Crippen molar-refractivity contribution in [2.45, 2.75) is 32.3 Å². The highest BCUT2D eigenvalue weighted by Crippen LogP contribution is 2.22. The minimum absolute atomic E-state index is 0.125. The molecule has 1 aliphatic heterocycles. The van der Waals surface area contributed by atoms with Gasteiger partial charge in [0.05, 0.1) is 0 Å². The van der Waals surface area contributed by atoms with Crippen LogP contribution in [0.4, 0.5) is 4.39 Å². The van der Waals surface area contributed by atoms with Crippen LogP contribution in [0.2, 0.25) is 0 Å². The van der Waals surface area contributed by atoms with Crippen LogP contribution in [-0.4, -0.2) is 41.1 Å². The Balaban J connectivity index is 2.11. The maximum Gasteiger partial charge on any atom is 0.339 e. The van der Waals surface area contributed by atoms with Gasteiger partial charge in [0.1, 0.15) is 17.1 Å². The average Bonchev–Trinajstić information content (AvgIpc) is 2.47. The van der Waals surface area contributed by atoms with Crippen LogP contribution in [0.25, 0.3) is 0 Å². The Hall–Kier alpha value is -2.11. The third-order valence-electron chi connectivity index (χ3n) is 3.49. The van der Waals surface area contributed by atoms with E-state index in [9.17, 15) is 14.0 Å². The fourth-order valence-electron chi connectivity index (χ4n) is 2.38. The number of carboxylic acid groups (broad SMARTS) is 1. The van der Waals surface area contributed by atoms with Crippen LogP contribution in [0.5, 0.6) is 5.75 Å². The number of halogens is 1. The van der Waals surface area contributed by atoms with Crippen molar-refractivity contribution in [3.05, 3.63) is 29.6 Å². The maximum absolute atomic E-state index is 13.2. The zero-order valence-electron chi connectivity index (χ0n) is 11.8. The zero-order valence-corrected chi connectivity index (χ0v) is 11.8. The van der Waals surface area contributed by atoms with E-state index >= 15 is 0 Å². The van der Waals surface area contributed by atoms with Gasteiger partial charge < -0.3 is 14.7 Å². The number of carboxylic acids is 1. The summed E-state index contributed by atoms with van der Waals surface area (Å²) in [6, 6.07) is 3.17. The fraction of sp³-hybridized carbons (Fsp3) is 0.467. The molecule has 6 heteroatoms. The molecule has 0 radical (unpaired) electrons. The maximum atomic E-state index is 13.2. The topological polar surface area (TPSA) is 66.8 Å². The van der Waals surface area contributed by atoms with Gasteiger partial charge in [-0.25, -0.2) is 9.18 Å². The van der Waals surface area contributed by atoms with Gasteiger partial charge in [0.15, 0.2) is 6.10 Å². The first-order chi connectivity index (χ1) is 9.99. The van der Waals surface area contributed by atoms with E-state index in [2.05, 4.69) is 0 Å². The number of aromatic carboxylic acids is 1. The molecule has 1 amide bonds. The summed E-state index contributed by atoms with van der Waals surface area (Å²) >= 11 is 0. The number of rotatable bonds is 4. The Bertz CT molecular complexity index is 540. The highest BCUT2D eigenvalue weighted by Gasteiger charge is 2.25. The first-order valence-corrected chi connectivity index (χ1v) is 6.97. The van der Waals surface area contributed by atoms with Gasteiger partial charge in [-0.2, -0.15) is 0 Å². The van der Waals surface area contributed by atoms with Gasteiger partial charge in [-0.1, -0.05) is 0 Å². The molecule has 0 saturated carbocycles. The van der Waals surface area contributed by atoms with E-state index in [1.165, 1.54) is 0 Å². The minimum atomic E-state index is -1.22. The molecule has 0 spiro atoms.